The van der Waals surface area contributed by atoms with E-state index in [1.165, 1.54) is 65.7 Å². The van der Waals surface area contributed by atoms with Gasteiger partial charge in [-0.25, -0.2) is 9.97 Å². The maximum absolute atomic E-state index is 5.51. The van der Waals surface area contributed by atoms with Gasteiger partial charge in [0.2, 0.25) is 0 Å². The van der Waals surface area contributed by atoms with Gasteiger partial charge in [0.25, 0.3) is 0 Å². The van der Waals surface area contributed by atoms with Gasteiger partial charge in [0.15, 0.2) is 5.82 Å². The molecule has 0 atom stereocenters. The van der Waals surface area contributed by atoms with Crippen molar-refractivity contribution in [1.82, 2.24) is 19.1 Å². The lowest BCUT2D eigenvalue weighted by molar-refractivity contribution is 1.08. The molecule has 4 nitrogen and oxygen atoms in total. The van der Waals surface area contributed by atoms with E-state index in [0.29, 0.717) is 0 Å². The second kappa shape index (κ2) is 13.6. The molecule has 3 aromatic heterocycles. The van der Waals surface area contributed by atoms with Gasteiger partial charge in [-0.1, -0.05) is 140 Å². The Hall–Kier alpha value is -7.82. The highest BCUT2D eigenvalue weighted by molar-refractivity contribution is 6.21. The smallest absolute Gasteiger partial charge is 0.165 e. The molecule has 0 N–H and O–H groups in total. The van der Waals surface area contributed by atoms with Crippen molar-refractivity contribution in [2.24, 2.45) is 0 Å². The van der Waals surface area contributed by atoms with Gasteiger partial charge in [-0.2, -0.15) is 0 Å². The van der Waals surface area contributed by atoms with Gasteiger partial charge in [-0.3, -0.25) is 4.57 Å². The van der Waals surface area contributed by atoms with Crippen molar-refractivity contribution >= 4 is 65.4 Å². The number of hydrogen-bond donors (Lipinski definition) is 0. The average Bonchev–Trinajstić information content (AvgIpc) is 3.82. The monoisotopic (exact) mass is 766 g/mol. The van der Waals surface area contributed by atoms with Crippen molar-refractivity contribution in [3.8, 4) is 33.9 Å². The Balaban J connectivity index is 1.11. The van der Waals surface area contributed by atoms with Crippen molar-refractivity contribution in [3.63, 3.8) is 0 Å². The van der Waals surface area contributed by atoms with Crippen LogP contribution in [0.15, 0.2) is 200 Å². The van der Waals surface area contributed by atoms with Crippen LogP contribution >= 0.6 is 0 Å². The first kappa shape index (κ1) is 34.2. The van der Waals surface area contributed by atoms with E-state index in [2.05, 4.69) is 204 Å². The number of fused-ring (bicyclic) bond motifs is 9. The molecule has 0 spiro atoms. The zero-order valence-electron chi connectivity index (χ0n) is 33.0. The van der Waals surface area contributed by atoms with E-state index in [1.807, 2.05) is 12.1 Å². The summed E-state index contributed by atoms with van der Waals surface area (Å²) < 4.78 is 4.71. The lowest BCUT2D eigenvalue weighted by atomic mass is 9.92. The van der Waals surface area contributed by atoms with E-state index >= 15 is 0 Å². The average molecular weight is 767 g/mol. The molecule has 4 heteroatoms. The maximum atomic E-state index is 5.51. The van der Waals surface area contributed by atoms with Crippen molar-refractivity contribution in [1.29, 1.82) is 0 Å². The molecule has 0 aliphatic carbocycles. The topological polar surface area (TPSA) is 35.6 Å². The van der Waals surface area contributed by atoms with Crippen molar-refractivity contribution in [3.05, 3.63) is 217 Å². The van der Waals surface area contributed by atoms with Crippen LogP contribution in [0.2, 0.25) is 0 Å². The molecule has 0 saturated heterocycles. The summed E-state index contributed by atoms with van der Waals surface area (Å²) in [7, 11) is 0. The lowest BCUT2D eigenvalue weighted by Gasteiger charge is -2.15. The molecule has 9 aromatic carbocycles. The minimum Gasteiger partial charge on any atom is -0.309 e. The Morgan fingerprint density at radius 2 is 1.08 bits per heavy atom. The van der Waals surface area contributed by atoms with Crippen LogP contribution in [-0.4, -0.2) is 19.1 Å². The highest BCUT2D eigenvalue weighted by atomic mass is 15.1. The second-order valence-electron chi connectivity index (χ2n) is 15.8. The first-order chi connectivity index (χ1) is 29.7. The third-order valence-electron chi connectivity index (χ3n) is 12.3. The van der Waals surface area contributed by atoms with E-state index in [9.17, 15) is 0 Å². The number of nitrogens with zero attached hydrogens (tertiary/aromatic N) is 4. The summed E-state index contributed by atoms with van der Waals surface area (Å²) in [6, 6.07) is 72.1. The SMILES string of the molecule is Cc1ccccc1-c1ccccc1Cc1ccc2c(c1)c1c3ccccc3ccc1n2-c1nc2ccccc2nc1-c1ccc2c(c1)c1ccccc1n2-c1ccccc1. The van der Waals surface area contributed by atoms with Gasteiger partial charge in [-0.15, -0.1) is 0 Å². The highest BCUT2D eigenvalue weighted by Crippen LogP contribution is 2.41. The number of aryl methyl sites for hydroxylation is 1. The molecular weight excluding hydrogens is 729 g/mol. The Kier molecular flexibility index (Phi) is 7.79. The van der Waals surface area contributed by atoms with Gasteiger partial charge in [-0.05, 0) is 113 Å². The van der Waals surface area contributed by atoms with Crippen LogP contribution in [0.4, 0.5) is 0 Å². The fourth-order valence-electron chi connectivity index (χ4n) is 9.52. The summed E-state index contributed by atoms with van der Waals surface area (Å²) in [4.78, 5) is 11.0. The Labute approximate surface area is 347 Å². The molecule has 12 aromatic rings. The standard InChI is InChI=1S/C56H38N4/c1-36-15-5-8-20-42(36)43-21-9-7-17-39(43)33-37-27-30-52-47(34-37)54-44-22-10-6-16-38(44)28-32-53(54)60(52)56-55(57-48-24-12-13-25-49(48)58-56)40-29-31-51-46(35-40)45-23-11-14-26-50(45)59(51)41-18-3-2-4-19-41/h2-32,34-35H,33H2,1H3. The number of para-hydroxylation sites is 4. The van der Waals surface area contributed by atoms with E-state index < -0.39 is 0 Å². The zero-order valence-corrected chi connectivity index (χ0v) is 33.0. The molecular formula is C56H38N4. The fraction of sp³-hybridized carbons (Fsp3) is 0.0357. The Morgan fingerprint density at radius 3 is 1.95 bits per heavy atom. The van der Waals surface area contributed by atoms with Crippen LogP contribution in [0.25, 0.3) is 99.3 Å². The minimum atomic E-state index is 0.813. The minimum absolute atomic E-state index is 0.813. The molecule has 0 bridgehead atoms. The number of benzene rings is 9. The highest BCUT2D eigenvalue weighted by Gasteiger charge is 2.22. The molecule has 12 rings (SSSR count). The van der Waals surface area contributed by atoms with Crippen LogP contribution in [0.3, 0.4) is 0 Å². The molecule has 0 aliphatic heterocycles. The quantitative estimate of drug-likeness (QED) is 0.169. The molecule has 0 amide bonds. The van der Waals surface area contributed by atoms with Crippen LogP contribution in [0.5, 0.6) is 0 Å². The van der Waals surface area contributed by atoms with Crippen molar-refractivity contribution in [2.45, 2.75) is 13.3 Å². The summed E-state index contributed by atoms with van der Waals surface area (Å²) in [5, 5.41) is 7.24. The van der Waals surface area contributed by atoms with Crippen molar-refractivity contribution < 1.29 is 0 Å². The zero-order chi connectivity index (χ0) is 39.7. The van der Waals surface area contributed by atoms with E-state index in [1.54, 1.807) is 0 Å². The third kappa shape index (κ3) is 5.38. The van der Waals surface area contributed by atoms with E-state index in [-0.39, 0.29) is 0 Å². The van der Waals surface area contributed by atoms with Gasteiger partial charge >= 0.3 is 0 Å². The fourth-order valence-corrected chi connectivity index (χ4v) is 9.52. The number of rotatable bonds is 6. The largest absolute Gasteiger partial charge is 0.309 e. The summed E-state index contributed by atoms with van der Waals surface area (Å²) in [6.07, 6.45) is 0.815. The Bertz CT molecular complexity index is 3650. The van der Waals surface area contributed by atoms with Gasteiger partial charge < -0.3 is 4.57 Å². The van der Waals surface area contributed by atoms with Gasteiger partial charge in [0.05, 0.1) is 33.1 Å². The van der Waals surface area contributed by atoms with E-state index in [4.69, 9.17) is 9.97 Å². The molecule has 0 radical (unpaired) electrons. The molecule has 0 saturated carbocycles. The van der Waals surface area contributed by atoms with Crippen LogP contribution in [0, 0.1) is 6.92 Å². The van der Waals surface area contributed by atoms with Crippen LogP contribution < -0.4 is 0 Å². The van der Waals surface area contributed by atoms with Gasteiger partial charge in [0, 0.05) is 32.8 Å². The number of hydrogen-bond acceptors (Lipinski definition) is 2. The molecule has 0 aliphatic rings. The summed E-state index contributed by atoms with van der Waals surface area (Å²) in [5.74, 6) is 0.813. The van der Waals surface area contributed by atoms with E-state index in [0.717, 1.165) is 56.8 Å². The molecule has 60 heavy (non-hydrogen) atoms. The first-order valence-corrected chi connectivity index (χ1v) is 20.6. The third-order valence-corrected chi connectivity index (χ3v) is 12.3. The summed E-state index contributed by atoms with van der Waals surface area (Å²) in [6.45, 7) is 2.20. The normalized spacial score (nSPS) is 11.8. The Morgan fingerprint density at radius 1 is 0.433 bits per heavy atom. The lowest BCUT2D eigenvalue weighted by Crippen LogP contribution is -2.04. The summed E-state index contributed by atoms with van der Waals surface area (Å²) >= 11 is 0. The van der Waals surface area contributed by atoms with Crippen molar-refractivity contribution in [2.75, 3.05) is 0 Å². The van der Waals surface area contributed by atoms with Crippen LogP contribution in [0.1, 0.15) is 16.7 Å². The number of aromatic nitrogens is 4. The molecule has 282 valence electrons. The second-order valence-corrected chi connectivity index (χ2v) is 15.8. The first-order valence-electron chi connectivity index (χ1n) is 20.6. The molecule has 0 fully saturated rings. The maximum Gasteiger partial charge on any atom is 0.165 e. The van der Waals surface area contributed by atoms with Crippen LogP contribution in [-0.2, 0) is 6.42 Å². The predicted octanol–water partition coefficient (Wildman–Crippen LogP) is 14.2. The molecule has 0 unspecified atom stereocenters. The summed E-state index contributed by atoms with van der Waals surface area (Å²) in [5.41, 5.74) is 15.7. The predicted molar refractivity (Wildman–Crippen MR) is 251 cm³/mol. The van der Waals surface area contributed by atoms with Gasteiger partial charge in [0.1, 0.15) is 5.69 Å². The molecule has 3 heterocycles.